The zero-order valence-corrected chi connectivity index (χ0v) is 51.9. The summed E-state index contributed by atoms with van der Waals surface area (Å²) in [6, 6.07) is 0. The molecule has 0 amide bonds. The summed E-state index contributed by atoms with van der Waals surface area (Å²) in [6.45, 7) is 6.41. The van der Waals surface area contributed by atoms with E-state index in [1.807, 2.05) is 0 Å². The van der Waals surface area contributed by atoms with Crippen LogP contribution in [0, 0.1) is 0 Å². The summed E-state index contributed by atoms with van der Waals surface area (Å²) in [7, 11) is 0. The first-order valence-corrected chi connectivity index (χ1v) is 33.4. The summed E-state index contributed by atoms with van der Waals surface area (Å²) >= 11 is 0. The first-order chi connectivity index (χ1) is 39.0. The molecule has 0 radical (unpaired) electrons. The van der Waals surface area contributed by atoms with Gasteiger partial charge in [0.1, 0.15) is 13.2 Å². The van der Waals surface area contributed by atoms with E-state index in [2.05, 4.69) is 130 Å². The summed E-state index contributed by atoms with van der Waals surface area (Å²) in [5, 5.41) is 0. The average Bonchev–Trinajstić information content (AvgIpc) is 3.45. The van der Waals surface area contributed by atoms with Gasteiger partial charge >= 0.3 is 17.9 Å². The average molecular weight is 1100 g/mol. The zero-order chi connectivity index (χ0) is 57.1. The molecular weight excluding hydrogens is 973 g/mol. The van der Waals surface area contributed by atoms with Crippen molar-refractivity contribution in [3.8, 4) is 0 Å². The molecule has 0 rings (SSSR count). The van der Waals surface area contributed by atoms with Gasteiger partial charge in [-0.05, 0) is 122 Å². The quantitative estimate of drug-likeness (QED) is 0.0261. The van der Waals surface area contributed by atoms with Crippen molar-refractivity contribution < 1.29 is 28.6 Å². The van der Waals surface area contributed by atoms with Crippen LogP contribution in [-0.4, -0.2) is 37.2 Å². The van der Waals surface area contributed by atoms with Gasteiger partial charge in [0.05, 0.1) is 0 Å². The van der Waals surface area contributed by atoms with Crippen molar-refractivity contribution in [2.45, 2.75) is 322 Å². The Labute approximate surface area is 489 Å². The minimum Gasteiger partial charge on any atom is -0.462 e. The predicted molar refractivity (Wildman–Crippen MR) is 343 cm³/mol. The molecule has 6 nitrogen and oxygen atoms in total. The van der Waals surface area contributed by atoms with E-state index in [4.69, 9.17) is 14.2 Å². The fraction of sp³-hybridized carbons (Fsp3) is 0.712. The molecule has 6 heteroatoms. The Balaban J connectivity index is 4.29. The highest BCUT2D eigenvalue weighted by Gasteiger charge is 2.19. The van der Waals surface area contributed by atoms with E-state index in [9.17, 15) is 14.4 Å². The molecule has 0 saturated carbocycles. The van der Waals surface area contributed by atoms with E-state index in [0.717, 1.165) is 135 Å². The van der Waals surface area contributed by atoms with Crippen LogP contribution in [0.15, 0.2) is 109 Å². The second kappa shape index (κ2) is 66.6. The number of esters is 3. The van der Waals surface area contributed by atoms with E-state index in [1.54, 1.807) is 0 Å². The first-order valence-electron chi connectivity index (χ1n) is 33.4. The van der Waals surface area contributed by atoms with Crippen molar-refractivity contribution in [3.63, 3.8) is 0 Å². The smallest absolute Gasteiger partial charge is 0.306 e. The van der Waals surface area contributed by atoms with Crippen LogP contribution >= 0.6 is 0 Å². The molecule has 0 aliphatic carbocycles. The van der Waals surface area contributed by atoms with Crippen LogP contribution in [0.1, 0.15) is 316 Å². The summed E-state index contributed by atoms with van der Waals surface area (Å²) in [5.74, 6) is -0.907. The van der Waals surface area contributed by atoms with E-state index in [-0.39, 0.29) is 31.1 Å². The van der Waals surface area contributed by atoms with Gasteiger partial charge in [-0.15, -0.1) is 0 Å². The highest BCUT2D eigenvalue weighted by molar-refractivity contribution is 5.71. The third-order valence-corrected chi connectivity index (χ3v) is 14.2. The molecule has 0 heterocycles. The minimum absolute atomic E-state index is 0.0880. The fourth-order valence-electron chi connectivity index (χ4n) is 9.30. The lowest BCUT2D eigenvalue weighted by Gasteiger charge is -2.18. The molecule has 79 heavy (non-hydrogen) atoms. The highest BCUT2D eigenvalue weighted by atomic mass is 16.6. The maximum Gasteiger partial charge on any atom is 0.306 e. The lowest BCUT2D eigenvalue weighted by molar-refractivity contribution is -0.167. The van der Waals surface area contributed by atoms with Gasteiger partial charge in [-0.3, -0.25) is 14.4 Å². The first kappa shape index (κ1) is 75.1. The number of ether oxygens (including phenoxy) is 3. The summed E-state index contributed by atoms with van der Waals surface area (Å²) in [6.07, 6.45) is 91.1. The van der Waals surface area contributed by atoms with Gasteiger partial charge < -0.3 is 14.2 Å². The molecule has 1 unspecified atom stereocenters. The molecule has 0 aromatic carbocycles. The number of unbranched alkanes of at least 4 members (excludes halogenated alkanes) is 31. The second-order valence-electron chi connectivity index (χ2n) is 22.0. The van der Waals surface area contributed by atoms with E-state index < -0.39 is 6.10 Å². The molecule has 0 spiro atoms. The fourth-order valence-corrected chi connectivity index (χ4v) is 9.30. The Bertz CT molecular complexity index is 1590. The molecule has 1 atom stereocenters. The lowest BCUT2D eigenvalue weighted by atomic mass is 10.0. The topological polar surface area (TPSA) is 78.9 Å². The Morgan fingerprint density at radius 3 is 0.772 bits per heavy atom. The van der Waals surface area contributed by atoms with Crippen LogP contribution in [0.4, 0.5) is 0 Å². The molecule has 0 aliphatic heterocycles. The van der Waals surface area contributed by atoms with Crippen molar-refractivity contribution in [2.75, 3.05) is 13.2 Å². The highest BCUT2D eigenvalue weighted by Crippen LogP contribution is 2.16. The molecule has 0 N–H and O–H groups in total. The summed E-state index contributed by atoms with van der Waals surface area (Å²) < 4.78 is 16.9. The Morgan fingerprint density at radius 1 is 0.266 bits per heavy atom. The largest absolute Gasteiger partial charge is 0.462 e. The van der Waals surface area contributed by atoms with Gasteiger partial charge in [0.15, 0.2) is 6.10 Å². The third-order valence-electron chi connectivity index (χ3n) is 14.2. The Morgan fingerprint density at radius 2 is 0.494 bits per heavy atom. The summed E-state index contributed by atoms with van der Waals surface area (Å²) in [5.41, 5.74) is 0. The lowest BCUT2D eigenvalue weighted by Crippen LogP contribution is -2.30. The molecule has 0 aliphatic rings. The number of carbonyl (C=O) groups excluding carboxylic acids is 3. The van der Waals surface area contributed by atoms with Gasteiger partial charge in [0, 0.05) is 19.3 Å². The molecular formula is C73H124O6. The third kappa shape index (κ3) is 64.8. The van der Waals surface area contributed by atoms with Gasteiger partial charge in [0.25, 0.3) is 0 Å². The van der Waals surface area contributed by atoms with E-state index >= 15 is 0 Å². The standard InChI is InChI=1S/C73H124O6/c1-4-7-10-13-16-19-22-25-28-30-31-32-33-34-35-36-37-38-39-40-41-43-45-48-51-54-57-60-63-66-72(75)78-69-70(68-77-71(74)65-62-59-56-53-50-47-44-27-24-21-18-15-12-9-6-3)79-73(76)67-64-61-58-55-52-49-46-42-29-26-23-20-17-14-11-8-5-2/h8-9,11-12,17-18,20-22,25-27,29-31,33-34,44,70H,4-7,10,13-16,19,23-24,28,32,35-43,45-69H2,1-3H3/b11-8-,12-9-,20-17-,21-18-,25-22-,29-26-,31-30-,34-33-,44-27-. The van der Waals surface area contributed by atoms with E-state index in [0.29, 0.717) is 19.3 Å². The van der Waals surface area contributed by atoms with Crippen LogP contribution in [0.2, 0.25) is 0 Å². The zero-order valence-electron chi connectivity index (χ0n) is 51.9. The van der Waals surface area contributed by atoms with Crippen molar-refractivity contribution >= 4 is 17.9 Å². The van der Waals surface area contributed by atoms with Crippen molar-refractivity contribution in [1.29, 1.82) is 0 Å². The van der Waals surface area contributed by atoms with Crippen molar-refractivity contribution in [2.24, 2.45) is 0 Å². The monoisotopic (exact) mass is 1100 g/mol. The maximum atomic E-state index is 12.9. The normalized spacial score (nSPS) is 12.8. The SMILES string of the molecule is CC/C=C\C/C=C\C/C=C\CCCCCCCCCC(=O)OC(COC(=O)CCCCCCC/C=C\C/C=C\C/C=C\CC)COC(=O)CCCCCCCCCCCCCCCC/C=C\C/C=C\C/C=C\CCCCCCC. The van der Waals surface area contributed by atoms with Gasteiger partial charge in [-0.1, -0.05) is 284 Å². The molecule has 0 fully saturated rings. The predicted octanol–water partition coefficient (Wildman–Crippen LogP) is 23.0. The van der Waals surface area contributed by atoms with Crippen LogP contribution in [0.5, 0.6) is 0 Å². The van der Waals surface area contributed by atoms with Crippen LogP contribution in [0.25, 0.3) is 0 Å². The molecule has 452 valence electrons. The van der Waals surface area contributed by atoms with Crippen LogP contribution in [0.3, 0.4) is 0 Å². The maximum absolute atomic E-state index is 12.9. The number of carbonyl (C=O) groups is 3. The number of rotatable bonds is 60. The minimum atomic E-state index is -0.794. The molecule has 0 aromatic rings. The van der Waals surface area contributed by atoms with Crippen LogP contribution < -0.4 is 0 Å². The number of hydrogen-bond donors (Lipinski definition) is 0. The molecule has 0 saturated heterocycles. The Hall–Kier alpha value is -3.93. The Kier molecular flexibility index (Phi) is 63.3. The van der Waals surface area contributed by atoms with Crippen molar-refractivity contribution in [1.82, 2.24) is 0 Å². The van der Waals surface area contributed by atoms with Gasteiger partial charge in [-0.2, -0.15) is 0 Å². The molecule has 0 aromatic heterocycles. The second-order valence-corrected chi connectivity index (χ2v) is 22.0. The summed E-state index contributed by atoms with van der Waals surface area (Å²) in [4.78, 5) is 38.4. The molecule has 0 bridgehead atoms. The van der Waals surface area contributed by atoms with Gasteiger partial charge in [0.2, 0.25) is 0 Å². The van der Waals surface area contributed by atoms with Crippen molar-refractivity contribution in [3.05, 3.63) is 109 Å². The van der Waals surface area contributed by atoms with E-state index in [1.165, 1.54) is 141 Å². The van der Waals surface area contributed by atoms with Crippen LogP contribution in [-0.2, 0) is 28.6 Å². The number of allylic oxidation sites excluding steroid dienone is 18. The van der Waals surface area contributed by atoms with Gasteiger partial charge in [-0.25, -0.2) is 0 Å². The number of hydrogen-bond acceptors (Lipinski definition) is 6.